The largest absolute Gasteiger partial charge is 0.369 e. The number of thiophene rings is 1. The first-order chi connectivity index (χ1) is 10.6. The lowest BCUT2D eigenvalue weighted by molar-refractivity contribution is -0.115. The van der Waals surface area contributed by atoms with Crippen LogP contribution >= 0.6 is 23.1 Å². The van der Waals surface area contributed by atoms with E-state index in [1.165, 1.54) is 28.6 Å². The molecule has 2 heterocycles. The van der Waals surface area contributed by atoms with E-state index in [2.05, 4.69) is 11.6 Å². The zero-order chi connectivity index (χ0) is 15.7. The number of thioether (sulfide) groups is 1. The van der Waals surface area contributed by atoms with Crippen LogP contribution in [0.2, 0.25) is 0 Å². The van der Waals surface area contributed by atoms with Gasteiger partial charge in [0.15, 0.2) is 5.16 Å². The van der Waals surface area contributed by atoms with Gasteiger partial charge in [0.25, 0.3) is 5.56 Å². The second-order valence-corrected chi connectivity index (χ2v) is 7.27. The number of rotatable bonds is 5. The summed E-state index contributed by atoms with van der Waals surface area (Å²) in [7, 11) is 0. The number of nitrogens with two attached hydrogens (primary N) is 1. The normalized spacial score (nSPS) is 14.0. The van der Waals surface area contributed by atoms with Gasteiger partial charge in [-0.1, -0.05) is 17.8 Å². The van der Waals surface area contributed by atoms with Crippen molar-refractivity contribution < 1.29 is 4.79 Å². The van der Waals surface area contributed by atoms with Gasteiger partial charge in [0.2, 0.25) is 5.91 Å². The predicted molar refractivity (Wildman–Crippen MR) is 90.6 cm³/mol. The number of fused-ring (bicyclic) bond motifs is 3. The Morgan fingerprint density at radius 1 is 1.45 bits per heavy atom. The molecule has 5 nitrogen and oxygen atoms in total. The number of aryl methyl sites for hydroxylation is 2. The Morgan fingerprint density at radius 3 is 2.95 bits per heavy atom. The van der Waals surface area contributed by atoms with E-state index in [0.717, 1.165) is 29.5 Å². The van der Waals surface area contributed by atoms with Crippen LogP contribution in [0.4, 0.5) is 0 Å². The molecule has 0 radical (unpaired) electrons. The lowest BCUT2D eigenvalue weighted by Crippen LogP contribution is -2.24. The fourth-order valence-electron chi connectivity index (χ4n) is 2.76. The number of nitrogens with zero attached hydrogens (tertiary/aromatic N) is 2. The molecule has 3 rings (SSSR count). The highest BCUT2D eigenvalue weighted by atomic mass is 32.2. The zero-order valence-electron chi connectivity index (χ0n) is 12.1. The fourth-order valence-corrected chi connectivity index (χ4v) is 4.81. The van der Waals surface area contributed by atoms with Crippen LogP contribution in [0.25, 0.3) is 10.2 Å². The molecule has 0 saturated heterocycles. The number of amides is 1. The molecular weight excluding hydrogens is 318 g/mol. The molecule has 0 saturated carbocycles. The zero-order valence-corrected chi connectivity index (χ0v) is 13.8. The Kier molecular flexibility index (Phi) is 4.35. The number of hydrogen-bond acceptors (Lipinski definition) is 5. The van der Waals surface area contributed by atoms with Gasteiger partial charge in [-0.3, -0.25) is 14.2 Å². The van der Waals surface area contributed by atoms with Crippen LogP contribution in [0.5, 0.6) is 0 Å². The molecule has 1 aliphatic rings. The van der Waals surface area contributed by atoms with Crippen LogP contribution in [-0.2, 0) is 24.2 Å². The number of hydrogen-bond donors (Lipinski definition) is 1. The number of aromatic nitrogens is 2. The third-order valence-corrected chi connectivity index (χ3v) is 5.88. The van der Waals surface area contributed by atoms with Gasteiger partial charge in [0.1, 0.15) is 4.83 Å². The topological polar surface area (TPSA) is 78.0 Å². The summed E-state index contributed by atoms with van der Waals surface area (Å²) in [6, 6.07) is 0. The van der Waals surface area contributed by atoms with Crippen molar-refractivity contribution in [2.45, 2.75) is 37.4 Å². The van der Waals surface area contributed by atoms with E-state index in [1.807, 2.05) is 0 Å². The summed E-state index contributed by atoms with van der Waals surface area (Å²) in [6.07, 6.45) is 5.94. The molecule has 22 heavy (non-hydrogen) atoms. The quantitative estimate of drug-likeness (QED) is 0.516. The average molecular weight is 335 g/mol. The number of allylic oxidation sites excluding steroid dienone is 1. The lowest BCUT2D eigenvalue weighted by atomic mass is 9.97. The van der Waals surface area contributed by atoms with Crippen LogP contribution < -0.4 is 11.3 Å². The Hall–Kier alpha value is -1.60. The first-order valence-electron chi connectivity index (χ1n) is 7.19. The van der Waals surface area contributed by atoms with E-state index in [-0.39, 0.29) is 11.3 Å². The maximum absolute atomic E-state index is 12.9. The number of primary amides is 1. The van der Waals surface area contributed by atoms with Crippen LogP contribution in [0, 0.1) is 0 Å². The molecule has 2 N–H and O–H groups in total. The first-order valence-corrected chi connectivity index (χ1v) is 8.99. The molecule has 1 amide bonds. The molecule has 116 valence electrons. The summed E-state index contributed by atoms with van der Waals surface area (Å²) >= 11 is 2.82. The van der Waals surface area contributed by atoms with E-state index in [1.54, 1.807) is 22.0 Å². The molecule has 0 unspecified atom stereocenters. The van der Waals surface area contributed by atoms with Crippen molar-refractivity contribution in [3.05, 3.63) is 33.4 Å². The molecule has 0 aliphatic heterocycles. The molecule has 2 aromatic rings. The van der Waals surface area contributed by atoms with E-state index >= 15 is 0 Å². The maximum atomic E-state index is 12.9. The highest BCUT2D eigenvalue weighted by molar-refractivity contribution is 7.99. The minimum absolute atomic E-state index is 0.0312. The Labute approximate surface area is 136 Å². The van der Waals surface area contributed by atoms with E-state index < -0.39 is 5.91 Å². The van der Waals surface area contributed by atoms with Crippen LogP contribution in [0.3, 0.4) is 0 Å². The Bertz CT molecular complexity index is 807. The lowest BCUT2D eigenvalue weighted by Gasteiger charge is -2.12. The molecule has 0 fully saturated rings. The minimum Gasteiger partial charge on any atom is -0.369 e. The first kappa shape index (κ1) is 15.3. The highest BCUT2D eigenvalue weighted by Gasteiger charge is 2.22. The van der Waals surface area contributed by atoms with E-state index in [4.69, 9.17) is 5.73 Å². The van der Waals surface area contributed by atoms with Gasteiger partial charge in [0, 0.05) is 11.4 Å². The molecule has 0 spiro atoms. The third-order valence-electron chi connectivity index (χ3n) is 3.70. The van der Waals surface area contributed by atoms with Crippen LogP contribution in [-0.4, -0.2) is 21.2 Å². The van der Waals surface area contributed by atoms with E-state index in [9.17, 15) is 9.59 Å². The van der Waals surface area contributed by atoms with Gasteiger partial charge in [-0.05, 0) is 31.2 Å². The summed E-state index contributed by atoms with van der Waals surface area (Å²) in [5.74, 6) is -0.310. The third kappa shape index (κ3) is 2.70. The SMILES string of the molecule is C=CCn1c(SCC(N)=O)nc2sc3c(c2c1=O)CCCC3. The van der Waals surface area contributed by atoms with Crippen molar-refractivity contribution in [1.82, 2.24) is 9.55 Å². The van der Waals surface area contributed by atoms with Crippen molar-refractivity contribution in [3.63, 3.8) is 0 Å². The smallest absolute Gasteiger partial charge is 0.263 e. The second kappa shape index (κ2) is 6.26. The molecule has 1 aliphatic carbocycles. The van der Waals surface area contributed by atoms with Crippen molar-refractivity contribution in [3.8, 4) is 0 Å². The monoisotopic (exact) mass is 335 g/mol. The Morgan fingerprint density at radius 2 is 2.23 bits per heavy atom. The molecule has 0 bridgehead atoms. The predicted octanol–water partition coefficient (Wildman–Crippen LogP) is 2.10. The fraction of sp³-hybridized carbons (Fsp3) is 0.400. The van der Waals surface area contributed by atoms with Gasteiger partial charge in [-0.15, -0.1) is 17.9 Å². The summed E-state index contributed by atoms with van der Waals surface area (Å²) in [5.41, 5.74) is 6.34. The Balaban J connectivity index is 2.18. The van der Waals surface area contributed by atoms with Crippen molar-refractivity contribution in [2.75, 3.05) is 5.75 Å². The standard InChI is InChI=1S/C15H17N3O2S2/c1-2-7-18-14(20)12-9-5-3-4-6-10(9)22-13(12)17-15(18)21-8-11(16)19/h2H,1,3-8H2,(H2,16,19). The molecule has 0 atom stereocenters. The van der Waals surface area contributed by atoms with Gasteiger partial charge in [-0.25, -0.2) is 4.98 Å². The summed E-state index contributed by atoms with van der Waals surface area (Å²) in [5, 5.41) is 1.29. The number of carbonyl (C=O) groups is 1. The number of carbonyl (C=O) groups excluding carboxylic acids is 1. The van der Waals surface area contributed by atoms with Crippen molar-refractivity contribution in [1.29, 1.82) is 0 Å². The summed E-state index contributed by atoms with van der Waals surface area (Å²) < 4.78 is 1.59. The summed E-state index contributed by atoms with van der Waals surface area (Å²) in [4.78, 5) is 30.6. The second-order valence-electron chi connectivity index (χ2n) is 5.24. The molecular formula is C15H17N3O2S2. The molecule has 0 aromatic carbocycles. The molecule has 7 heteroatoms. The van der Waals surface area contributed by atoms with Crippen LogP contribution in [0.15, 0.2) is 22.6 Å². The average Bonchev–Trinajstić information content (AvgIpc) is 2.86. The van der Waals surface area contributed by atoms with Crippen molar-refractivity contribution >= 4 is 39.2 Å². The molecule has 2 aromatic heterocycles. The van der Waals surface area contributed by atoms with Gasteiger partial charge >= 0.3 is 0 Å². The van der Waals surface area contributed by atoms with Gasteiger partial charge in [0.05, 0.1) is 11.1 Å². The van der Waals surface area contributed by atoms with E-state index in [0.29, 0.717) is 11.7 Å². The highest BCUT2D eigenvalue weighted by Crippen LogP contribution is 2.34. The van der Waals surface area contributed by atoms with Crippen LogP contribution in [0.1, 0.15) is 23.3 Å². The maximum Gasteiger partial charge on any atom is 0.263 e. The van der Waals surface area contributed by atoms with Gasteiger partial charge < -0.3 is 5.73 Å². The van der Waals surface area contributed by atoms with Crippen molar-refractivity contribution in [2.24, 2.45) is 5.73 Å². The minimum atomic E-state index is -0.421. The summed E-state index contributed by atoms with van der Waals surface area (Å²) in [6.45, 7) is 4.09. The van der Waals surface area contributed by atoms with Gasteiger partial charge in [-0.2, -0.15) is 0 Å².